The molecule has 0 aliphatic rings. The minimum atomic E-state index is 0.103. The van der Waals surface area contributed by atoms with E-state index >= 15 is 0 Å². The van der Waals surface area contributed by atoms with Gasteiger partial charge in [-0.3, -0.25) is 0 Å². The minimum absolute atomic E-state index is 0.103. The number of benzene rings is 1. The zero-order valence-corrected chi connectivity index (χ0v) is 13.2. The molecule has 0 aliphatic carbocycles. The third-order valence-corrected chi connectivity index (χ3v) is 3.69. The van der Waals surface area contributed by atoms with Crippen molar-refractivity contribution in [1.82, 2.24) is 0 Å². The maximum absolute atomic E-state index is 9.66. The molecule has 0 spiro atoms. The first kappa shape index (κ1) is 15.9. The SMILES string of the molecule is COc1cc(C(C)(C)CCCC(C)(C)C)ccc1O. The van der Waals surface area contributed by atoms with E-state index in [0.717, 1.165) is 6.42 Å². The lowest BCUT2D eigenvalue weighted by molar-refractivity contribution is 0.332. The van der Waals surface area contributed by atoms with Crippen LogP contribution in [0.3, 0.4) is 0 Å². The van der Waals surface area contributed by atoms with Gasteiger partial charge >= 0.3 is 0 Å². The Labute approximate surface area is 117 Å². The second kappa shape index (κ2) is 5.85. The van der Waals surface area contributed by atoms with Gasteiger partial charge in [-0.2, -0.15) is 0 Å². The Morgan fingerprint density at radius 2 is 1.68 bits per heavy atom. The average Bonchev–Trinajstić information content (AvgIpc) is 2.27. The van der Waals surface area contributed by atoms with Gasteiger partial charge < -0.3 is 9.84 Å². The van der Waals surface area contributed by atoms with Crippen molar-refractivity contribution in [2.24, 2.45) is 5.41 Å². The van der Waals surface area contributed by atoms with E-state index in [0.29, 0.717) is 11.2 Å². The number of hydrogen-bond acceptors (Lipinski definition) is 2. The molecule has 0 radical (unpaired) electrons. The Kier molecular flexibility index (Phi) is 4.89. The Bertz CT molecular complexity index is 414. The zero-order valence-electron chi connectivity index (χ0n) is 13.2. The maximum atomic E-state index is 9.66. The third kappa shape index (κ3) is 4.77. The van der Waals surface area contributed by atoms with E-state index in [2.05, 4.69) is 34.6 Å². The fourth-order valence-corrected chi connectivity index (χ4v) is 2.30. The minimum Gasteiger partial charge on any atom is -0.504 e. The summed E-state index contributed by atoms with van der Waals surface area (Å²) in [5, 5.41) is 9.66. The van der Waals surface area contributed by atoms with Crippen LogP contribution in [-0.4, -0.2) is 12.2 Å². The van der Waals surface area contributed by atoms with Crippen molar-refractivity contribution in [2.75, 3.05) is 7.11 Å². The van der Waals surface area contributed by atoms with E-state index in [4.69, 9.17) is 4.74 Å². The van der Waals surface area contributed by atoms with Gasteiger partial charge in [0.05, 0.1) is 7.11 Å². The van der Waals surface area contributed by atoms with Crippen LogP contribution in [0.15, 0.2) is 18.2 Å². The average molecular weight is 264 g/mol. The molecular weight excluding hydrogens is 236 g/mol. The molecule has 1 aromatic carbocycles. The van der Waals surface area contributed by atoms with Crippen molar-refractivity contribution in [3.05, 3.63) is 23.8 Å². The number of methoxy groups -OCH3 is 1. The smallest absolute Gasteiger partial charge is 0.160 e. The molecule has 0 aromatic heterocycles. The van der Waals surface area contributed by atoms with Crippen LogP contribution < -0.4 is 4.74 Å². The lowest BCUT2D eigenvalue weighted by Crippen LogP contribution is -2.18. The summed E-state index contributed by atoms with van der Waals surface area (Å²) in [5.74, 6) is 0.762. The van der Waals surface area contributed by atoms with Gasteiger partial charge in [0.1, 0.15) is 0 Å². The summed E-state index contributed by atoms with van der Waals surface area (Å²) in [6, 6.07) is 5.67. The molecule has 0 saturated heterocycles. The Balaban J connectivity index is 2.76. The monoisotopic (exact) mass is 264 g/mol. The van der Waals surface area contributed by atoms with Gasteiger partial charge in [0.15, 0.2) is 11.5 Å². The molecule has 2 heteroatoms. The van der Waals surface area contributed by atoms with Gasteiger partial charge in [0.25, 0.3) is 0 Å². The van der Waals surface area contributed by atoms with Crippen LogP contribution in [-0.2, 0) is 5.41 Å². The number of phenolic OH excluding ortho intramolecular Hbond substituents is 1. The second-order valence-corrected chi connectivity index (χ2v) is 7.18. The van der Waals surface area contributed by atoms with Crippen molar-refractivity contribution >= 4 is 0 Å². The number of aromatic hydroxyl groups is 1. The lowest BCUT2D eigenvalue weighted by atomic mass is 9.78. The Hall–Kier alpha value is -1.18. The fourth-order valence-electron chi connectivity index (χ4n) is 2.30. The molecule has 0 fully saturated rings. The normalized spacial score (nSPS) is 12.5. The first-order chi connectivity index (χ1) is 8.65. The van der Waals surface area contributed by atoms with E-state index in [1.165, 1.54) is 18.4 Å². The summed E-state index contributed by atoms with van der Waals surface area (Å²) in [4.78, 5) is 0. The van der Waals surface area contributed by atoms with Crippen LogP contribution in [0.4, 0.5) is 0 Å². The quantitative estimate of drug-likeness (QED) is 0.820. The van der Waals surface area contributed by atoms with Crippen molar-refractivity contribution in [3.8, 4) is 11.5 Å². The molecule has 1 rings (SSSR count). The van der Waals surface area contributed by atoms with E-state index in [1.54, 1.807) is 13.2 Å². The van der Waals surface area contributed by atoms with E-state index in [1.807, 2.05) is 12.1 Å². The van der Waals surface area contributed by atoms with Crippen molar-refractivity contribution < 1.29 is 9.84 Å². The van der Waals surface area contributed by atoms with Gasteiger partial charge in [-0.25, -0.2) is 0 Å². The Morgan fingerprint density at radius 1 is 1.05 bits per heavy atom. The highest BCUT2D eigenvalue weighted by molar-refractivity contribution is 5.43. The lowest BCUT2D eigenvalue weighted by Gasteiger charge is -2.28. The zero-order chi connectivity index (χ0) is 14.7. The van der Waals surface area contributed by atoms with E-state index in [9.17, 15) is 5.11 Å². The highest BCUT2D eigenvalue weighted by atomic mass is 16.5. The van der Waals surface area contributed by atoms with Gasteiger partial charge in [0.2, 0.25) is 0 Å². The molecule has 1 aromatic rings. The summed E-state index contributed by atoms with van der Waals surface area (Å²) in [7, 11) is 1.59. The number of ether oxygens (including phenoxy) is 1. The molecule has 0 heterocycles. The predicted octanol–water partition coefficient (Wildman–Crippen LogP) is 4.89. The molecule has 1 N–H and O–H groups in total. The Morgan fingerprint density at radius 3 is 2.21 bits per heavy atom. The first-order valence-corrected chi connectivity index (χ1v) is 7.03. The van der Waals surface area contributed by atoms with Crippen LogP contribution in [0.5, 0.6) is 11.5 Å². The van der Waals surface area contributed by atoms with Crippen LogP contribution in [0.25, 0.3) is 0 Å². The van der Waals surface area contributed by atoms with E-state index in [-0.39, 0.29) is 11.2 Å². The maximum Gasteiger partial charge on any atom is 0.160 e. The summed E-state index contributed by atoms with van der Waals surface area (Å²) in [5.41, 5.74) is 1.71. The molecule has 0 aliphatic heterocycles. The largest absolute Gasteiger partial charge is 0.504 e. The molecular formula is C17H28O2. The molecule has 108 valence electrons. The summed E-state index contributed by atoms with van der Waals surface area (Å²) >= 11 is 0. The molecule has 0 atom stereocenters. The summed E-state index contributed by atoms with van der Waals surface area (Å²) in [6.45, 7) is 11.3. The highest BCUT2D eigenvalue weighted by Gasteiger charge is 2.22. The molecule has 0 unspecified atom stereocenters. The topological polar surface area (TPSA) is 29.5 Å². The van der Waals surface area contributed by atoms with Gasteiger partial charge in [-0.1, -0.05) is 47.1 Å². The number of hydrogen-bond donors (Lipinski definition) is 1. The van der Waals surface area contributed by atoms with E-state index < -0.39 is 0 Å². The number of rotatable bonds is 5. The first-order valence-electron chi connectivity index (χ1n) is 7.03. The van der Waals surface area contributed by atoms with Crippen molar-refractivity contribution in [2.45, 2.75) is 59.3 Å². The van der Waals surface area contributed by atoms with Gasteiger partial charge in [-0.15, -0.1) is 0 Å². The van der Waals surface area contributed by atoms with Gasteiger partial charge in [-0.05, 0) is 41.4 Å². The fraction of sp³-hybridized carbons (Fsp3) is 0.647. The number of phenols is 1. The van der Waals surface area contributed by atoms with Crippen LogP contribution in [0.1, 0.15) is 59.4 Å². The van der Waals surface area contributed by atoms with Crippen molar-refractivity contribution in [3.63, 3.8) is 0 Å². The van der Waals surface area contributed by atoms with Crippen LogP contribution in [0.2, 0.25) is 0 Å². The molecule has 19 heavy (non-hydrogen) atoms. The predicted molar refractivity (Wildman–Crippen MR) is 81.0 cm³/mol. The highest BCUT2D eigenvalue weighted by Crippen LogP contribution is 2.36. The van der Waals surface area contributed by atoms with Crippen molar-refractivity contribution in [1.29, 1.82) is 0 Å². The standard InChI is InChI=1S/C17H28O2/c1-16(2,3)10-7-11-17(4,5)13-8-9-14(18)15(12-13)19-6/h8-9,12,18H,7,10-11H2,1-6H3. The van der Waals surface area contributed by atoms with Gasteiger partial charge in [0, 0.05) is 0 Å². The second-order valence-electron chi connectivity index (χ2n) is 7.18. The summed E-state index contributed by atoms with van der Waals surface area (Å²) in [6.07, 6.45) is 3.57. The summed E-state index contributed by atoms with van der Waals surface area (Å²) < 4.78 is 5.19. The third-order valence-electron chi connectivity index (χ3n) is 3.69. The molecule has 0 bridgehead atoms. The molecule has 2 nitrogen and oxygen atoms in total. The molecule has 0 amide bonds. The van der Waals surface area contributed by atoms with Crippen LogP contribution >= 0.6 is 0 Å². The molecule has 0 saturated carbocycles. The van der Waals surface area contributed by atoms with Crippen LogP contribution in [0, 0.1) is 5.41 Å².